The number of alkyl halides is 3. The quantitative estimate of drug-likeness (QED) is 0.758. The highest BCUT2D eigenvalue weighted by Crippen LogP contribution is 2.19. The summed E-state index contributed by atoms with van der Waals surface area (Å²) < 4.78 is 40.7. The van der Waals surface area contributed by atoms with Crippen molar-refractivity contribution >= 4 is 5.91 Å². The topological polar surface area (TPSA) is 50.4 Å². The Morgan fingerprint density at radius 3 is 2.71 bits per heavy atom. The van der Waals surface area contributed by atoms with Crippen molar-refractivity contribution in [3.05, 3.63) is 0 Å². The van der Waals surface area contributed by atoms with Gasteiger partial charge in [0.25, 0.3) is 0 Å². The lowest BCUT2D eigenvalue weighted by atomic mass is 10.0. The first-order valence-corrected chi connectivity index (χ1v) is 5.54. The normalized spacial score (nSPS) is 24.9. The zero-order valence-corrected chi connectivity index (χ0v) is 9.64. The largest absolute Gasteiger partial charge is 0.405 e. The molecule has 0 radical (unpaired) electrons. The zero-order valence-electron chi connectivity index (χ0n) is 9.64. The Hall–Kier alpha value is -0.820. The molecule has 0 aliphatic carbocycles. The minimum atomic E-state index is -4.36. The first-order chi connectivity index (χ1) is 7.88. The Morgan fingerprint density at radius 1 is 1.47 bits per heavy atom. The van der Waals surface area contributed by atoms with Gasteiger partial charge in [0, 0.05) is 13.2 Å². The van der Waals surface area contributed by atoms with Crippen molar-refractivity contribution in [2.24, 2.45) is 5.92 Å². The number of hydrogen-bond acceptors (Lipinski definition) is 3. The number of rotatable bonds is 5. The van der Waals surface area contributed by atoms with Gasteiger partial charge in [0.05, 0.1) is 12.6 Å². The van der Waals surface area contributed by atoms with Crippen molar-refractivity contribution in [3.8, 4) is 0 Å². The standard InChI is InChI=1S/C10H17F3N2O2/c1-7-8(2-3-17-7)4-14-5-9(16)15-6-10(11,12)13/h7-8,14H,2-6H2,1H3,(H,15,16). The van der Waals surface area contributed by atoms with Crippen LogP contribution in [0.5, 0.6) is 0 Å². The third kappa shape index (κ3) is 5.88. The molecule has 0 saturated carbocycles. The van der Waals surface area contributed by atoms with E-state index in [4.69, 9.17) is 4.74 Å². The highest BCUT2D eigenvalue weighted by Gasteiger charge is 2.28. The first kappa shape index (κ1) is 14.2. The minimum Gasteiger partial charge on any atom is -0.378 e. The molecule has 1 rings (SSSR count). The Balaban J connectivity index is 2.08. The summed E-state index contributed by atoms with van der Waals surface area (Å²) in [6, 6.07) is 0. The maximum Gasteiger partial charge on any atom is 0.405 e. The molecule has 1 amide bonds. The summed E-state index contributed by atoms with van der Waals surface area (Å²) in [6.45, 7) is 1.85. The van der Waals surface area contributed by atoms with Crippen molar-refractivity contribution in [1.82, 2.24) is 10.6 Å². The third-order valence-electron chi connectivity index (χ3n) is 2.71. The molecule has 0 aromatic rings. The van der Waals surface area contributed by atoms with E-state index >= 15 is 0 Å². The lowest BCUT2D eigenvalue weighted by molar-refractivity contribution is -0.137. The van der Waals surface area contributed by atoms with Gasteiger partial charge in [0.15, 0.2) is 0 Å². The average Bonchev–Trinajstić information content (AvgIpc) is 2.61. The molecule has 4 nitrogen and oxygen atoms in total. The fourth-order valence-corrected chi connectivity index (χ4v) is 1.68. The van der Waals surface area contributed by atoms with Gasteiger partial charge >= 0.3 is 6.18 Å². The SMILES string of the molecule is CC1OCCC1CNCC(=O)NCC(F)(F)F. The van der Waals surface area contributed by atoms with E-state index in [0.29, 0.717) is 19.1 Å². The van der Waals surface area contributed by atoms with Crippen LogP contribution in [0.3, 0.4) is 0 Å². The zero-order chi connectivity index (χ0) is 12.9. The van der Waals surface area contributed by atoms with E-state index in [1.807, 2.05) is 6.92 Å². The summed E-state index contributed by atoms with van der Waals surface area (Å²) >= 11 is 0. The molecule has 0 aromatic carbocycles. The van der Waals surface area contributed by atoms with Gasteiger partial charge in [-0.15, -0.1) is 0 Å². The predicted molar refractivity (Wildman–Crippen MR) is 55.5 cm³/mol. The van der Waals surface area contributed by atoms with E-state index in [0.717, 1.165) is 6.42 Å². The molecule has 0 spiro atoms. The molecule has 1 aliphatic rings. The van der Waals surface area contributed by atoms with Gasteiger partial charge in [0.1, 0.15) is 6.54 Å². The van der Waals surface area contributed by atoms with Crippen LogP contribution >= 0.6 is 0 Å². The van der Waals surface area contributed by atoms with Gasteiger partial charge in [-0.1, -0.05) is 0 Å². The molecule has 2 N–H and O–H groups in total. The van der Waals surface area contributed by atoms with Crippen molar-refractivity contribution in [3.63, 3.8) is 0 Å². The molecule has 7 heteroatoms. The number of nitrogens with one attached hydrogen (secondary N) is 2. The van der Waals surface area contributed by atoms with Crippen LogP contribution in [0.4, 0.5) is 13.2 Å². The van der Waals surface area contributed by atoms with Gasteiger partial charge in [-0.25, -0.2) is 0 Å². The highest BCUT2D eigenvalue weighted by molar-refractivity contribution is 5.77. The van der Waals surface area contributed by atoms with Crippen LogP contribution in [0, 0.1) is 5.92 Å². The van der Waals surface area contributed by atoms with Crippen LogP contribution in [-0.2, 0) is 9.53 Å². The van der Waals surface area contributed by atoms with E-state index < -0.39 is 18.6 Å². The number of carbonyl (C=O) groups is 1. The smallest absolute Gasteiger partial charge is 0.378 e. The molecule has 1 saturated heterocycles. The molecule has 17 heavy (non-hydrogen) atoms. The molecule has 100 valence electrons. The second-order valence-corrected chi connectivity index (χ2v) is 4.15. The second-order valence-electron chi connectivity index (χ2n) is 4.15. The molecule has 2 unspecified atom stereocenters. The van der Waals surface area contributed by atoms with Crippen molar-refractivity contribution in [2.45, 2.75) is 25.6 Å². The fourth-order valence-electron chi connectivity index (χ4n) is 1.68. The van der Waals surface area contributed by atoms with E-state index in [-0.39, 0.29) is 12.6 Å². The summed E-state index contributed by atoms with van der Waals surface area (Å²) in [5, 5.41) is 4.64. The molecule has 2 atom stereocenters. The Bertz CT molecular complexity index is 258. The van der Waals surface area contributed by atoms with Gasteiger partial charge in [-0.2, -0.15) is 13.2 Å². The molecule has 0 aromatic heterocycles. The van der Waals surface area contributed by atoms with Crippen LogP contribution in [0.1, 0.15) is 13.3 Å². The van der Waals surface area contributed by atoms with E-state index in [2.05, 4.69) is 5.32 Å². The minimum absolute atomic E-state index is 0.0979. The van der Waals surface area contributed by atoms with Crippen LogP contribution in [0.2, 0.25) is 0 Å². The van der Waals surface area contributed by atoms with E-state index in [9.17, 15) is 18.0 Å². The molecule has 0 bridgehead atoms. The maximum atomic E-state index is 11.8. The molecular weight excluding hydrogens is 237 g/mol. The van der Waals surface area contributed by atoms with Crippen LogP contribution < -0.4 is 10.6 Å². The van der Waals surface area contributed by atoms with E-state index in [1.54, 1.807) is 5.32 Å². The summed E-state index contributed by atoms with van der Waals surface area (Å²) in [7, 11) is 0. The second kappa shape index (κ2) is 6.20. The van der Waals surface area contributed by atoms with Gasteiger partial charge < -0.3 is 15.4 Å². The average molecular weight is 254 g/mol. The number of ether oxygens (including phenoxy) is 1. The van der Waals surface area contributed by atoms with Gasteiger partial charge in [-0.05, 0) is 19.3 Å². The summed E-state index contributed by atoms with van der Waals surface area (Å²) in [5.41, 5.74) is 0. The fraction of sp³-hybridized carbons (Fsp3) is 0.900. The Labute approximate surface area is 97.9 Å². The van der Waals surface area contributed by atoms with Crippen LogP contribution in [-0.4, -0.2) is 44.4 Å². The summed E-state index contributed by atoms with van der Waals surface area (Å²) in [6.07, 6.45) is -3.30. The number of amides is 1. The number of halogens is 3. The van der Waals surface area contributed by atoms with Crippen molar-refractivity contribution in [2.75, 3.05) is 26.2 Å². The van der Waals surface area contributed by atoms with Crippen LogP contribution in [0.15, 0.2) is 0 Å². The molecule has 1 fully saturated rings. The lowest BCUT2D eigenvalue weighted by Gasteiger charge is -2.14. The van der Waals surface area contributed by atoms with Crippen LogP contribution in [0.25, 0.3) is 0 Å². The van der Waals surface area contributed by atoms with Crippen molar-refractivity contribution < 1.29 is 22.7 Å². The summed E-state index contributed by atoms with van der Waals surface area (Å²) in [4.78, 5) is 11.0. The first-order valence-electron chi connectivity index (χ1n) is 5.54. The summed E-state index contributed by atoms with van der Waals surface area (Å²) in [5.74, 6) is -0.320. The molecular formula is C10H17F3N2O2. The molecule has 1 aliphatic heterocycles. The molecule has 1 heterocycles. The van der Waals surface area contributed by atoms with E-state index in [1.165, 1.54) is 0 Å². The highest BCUT2D eigenvalue weighted by atomic mass is 19.4. The third-order valence-corrected chi connectivity index (χ3v) is 2.71. The van der Waals surface area contributed by atoms with Gasteiger partial charge in [-0.3, -0.25) is 4.79 Å². The maximum absolute atomic E-state index is 11.8. The lowest BCUT2D eigenvalue weighted by Crippen LogP contribution is -2.40. The van der Waals surface area contributed by atoms with Gasteiger partial charge in [0.2, 0.25) is 5.91 Å². The number of carbonyl (C=O) groups excluding carboxylic acids is 1. The van der Waals surface area contributed by atoms with Crippen molar-refractivity contribution in [1.29, 1.82) is 0 Å². The number of hydrogen-bond donors (Lipinski definition) is 2. The monoisotopic (exact) mass is 254 g/mol. The Kier molecular flexibility index (Phi) is 5.20. The predicted octanol–water partition coefficient (Wildman–Crippen LogP) is 0.679. The Morgan fingerprint density at radius 2 is 2.18 bits per heavy atom.